The van der Waals surface area contributed by atoms with Gasteiger partial charge in [-0.1, -0.05) is 43.0 Å². The molecule has 1 heterocycles. The third kappa shape index (κ3) is 3.35. The molecule has 0 bridgehead atoms. The fourth-order valence-corrected chi connectivity index (χ4v) is 2.31. The lowest BCUT2D eigenvalue weighted by molar-refractivity contribution is 0.779. The summed E-state index contributed by atoms with van der Waals surface area (Å²) in [6.07, 6.45) is 0. The zero-order valence-electron chi connectivity index (χ0n) is 9.99. The molecule has 2 rings (SSSR count). The van der Waals surface area contributed by atoms with Crippen molar-refractivity contribution >= 4 is 22.8 Å². The van der Waals surface area contributed by atoms with E-state index in [1.807, 2.05) is 24.3 Å². The lowest BCUT2D eigenvalue weighted by Crippen LogP contribution is -2.16. The second-order valence-electron chi connectivity index (χ2n) is 3.88. The molecule has 3 nitrogen and oxygen atoms in total. The largest absolute Gasteiger partial charge is 0.333 e. The lowest BCUT2D eigenvalue weighted by atomic mass is 10.3. The maximum atomic E-state index is 4.51. The van der Waals surface area contributed by atoms with Crippen molar-refractivity contribution in [3.8, 4) is 0 Å². The van der Waals surface area contributed by atoms with Gasteiger partial charge in [0.05, 0.1) is 11.0 Å². The molecule has 0 unspecified atom stereocenters. The predicted octanol–water partition coefficient (Wildman–Crippen LogP) is 2.82. The van der Waals surface area contributed by atoms with E-state index < -0.39 is 0 Å². The first-order chi connectivity index (χ1) is 8.29. The number of imidazole rings is 1. The smallest absolute Gasteiger partial charge is 0.166 e. The summed E-state index contributed by atoms with van der Waals surface area (Å²) in [4.78, 5) is 7.81. The number of thioether (sulfide) groups is 1. The van der Waals surface area contributed by atoms with E-state index in [-0.39, 0.29) is 0 Å². The molecule has 0 atom stereocenters. The van der Waals surface area contributed by atoms with Crippen molar-refractivity contribution in [2.75, 3.05) is 18.8 Å². The van der Waals surface area contributed by atoms with Crippen molar-refractivity contribution in [3.05, 3.63) is 36.4 Å². The molecule has 0 saturated carbocycles. The highest BCUT2D eigenvalue weighted by Crippen LogP contribution is 2.20. The highest BCUT2D eigenvalue weighted by Gasteiger charge is 2.03. The van der Waals surface area contributed by atoms with Crippen LogP contribution in [0.4, 0.5) is 0 Å². The summed E-state index contributed by atoms with van der Waals surface area (Å²) in [7, 11) is 0. The van der Waals surface area contributed by atoms with Gasteiger partial charge in [-0.05, 0) is 18.7 Å². The van der Waals surface area contributed by atoms with Crippen LogP contribution >= 0.6 is 11.8 Å². The predicted molar refractivity (Wildman–Crippen MR) is 74.5 cm³/mol. The number of hydrogen-bond acceptors (Lipinski definition) is 3. The van der Waals surface area contributed by atoms with Gasteiger partial charge in [-0.2, -0.15) is 0 Å². The van der Waals surface area contributed by atoms with Crippen molar-refractivity contribution in [3.63, 3.8) is 0 Å². The fourth-order valence-electron chi connectivity index (χ4n) is 1.52. The van der Waals surface area contributed by atoms with Crippen molar-refractivity contribution in [1.82, 2.24) is 15.3 Å². The summed E-state index contributed by atoms with van der Waals surface area (Å²) in [5.41, 5.74) is 3.30. The van der Waals surface area contributed by atoms with Crippen molar-refractivity contribution in [2.45, 2.75) is 12.1 Å². The molecule has 0 amide bonds. The third-order valence-corrected chi connectivity index (χ3v) is 3.43. The Morgan fingerprint density at radius 2 is 2.29 bits per heavy atom. The molecule has 0 fully saturated rings. The van der Waals surface area contributed by atoms with Crippen molar-refractivity contribution < 1.29 is 0 Å². The zero-order chi connectivity index (χ0) is 12.1. The monoisotopic (exact) mass is 247 g/mol. The normalized spacial score (nSPS) is 10.9. The minimum absolute atomic E-state index is 0.879. The summed E-state index contributed by atoms with van der Waals surface area (Å²) >= 11 is 1.70. The van der Waals surface area contributed by atoms with E-state index in [1.54, 1.807) is 11.8 Å². The van der Waals surface area contributed by atoms with Gasteiger partial charge in [0.2, 0.25) is 0 Å². The first kappa shape index (κ1) is 12.2. The van der Waals surface area contributed by atoms with E-state index in [0.29, 0.717) is 0 Å². The van der Waals surface area contributed by atoms with Crippen LogP contribution in [0, 0.1) is 0 Å². The van der Waals surface area contributed by atoms with Crippen LogP contribution in [0.1, 0.15) is 6.92 Å². The molecular weight excluding hydrogens is 230 g/mol. The number of nitrogens with zero attached hydrogens (tertiary/aromatic N) is 1. The Kier molecular flexibility index (Phi) is 4.23. The van der Waals surface area contributed by atoms with Crippen LogP contribution in [-0.2, 0) is 0 Å². The van der Waals surface area contributed by atoms with E-state index in [9.17, 15) is 0 Å². The Morgan fingerprint density at radius 3 is 3.06 bits per heavy atom. The molecule has 2 aromatic rings. The number of likely N-dealkylation sites (N-methyl/N-ethyl adjacent to an activating group) is 1. The second-order valence-corrected chi connectivity index (χ2v) is 4.84. The second kappa shape index (κ2) is 5.89. The van der Waals surface area contributed by atoms with Gasteiger partial charge in [0.25, 0.3) is 0 Å². The molecule has 17 heavy (non-hydrogen) atoms. The summed E-state index contributed by atoms with van der Waals surface area (Å²) < 4.78 is 0. The summed E-state index contributed by atoms with van der Waals surface area (Å²) in [6.45, 7) is 7.99. The molecule has 2 N–H and O–H groups in total. The summed E-state index contributed by atoms with van der Waals surface area (Å²) in [5.74, 6) is 0.896. The highest BCUT2D eigenvalue weighted by molar-refractivity contribution is 7.99. The number of para-hydroxylation sites is 2. The van der Waals surface area contributed by atoms with Gasteiger partial charge in [0.15, 0.2) is 5.16 Å². The van der Waals surface area contributed by atoms with Gasteiger partial charge >= 0.3 is 0 Å². The molecule has 0 radical (unpaired) electrons. The SMILES string of the molecule is C=C(CNCC)CSc1nc2ccccc2[nH]1. The van der Waals surface area contributed by atoms with Crippen LogP contribution < -0.4 is 5.32 Å². The molecule has 0 saturated heterocycles. The third-order valence-electron chi connectivity index (χ3n) is 2.41. The minimum atomic E-state index is 0.879. The number of nitrogens with one attached hydrogen (secondary N) is 2. The first-order valence-electron chi connectivity index (χ1n) is 5.74. The molecular formula is C13H17N3S. The topological polar surface area (TPSA) is 40.7 Å². The Hall–Kier alpha value is -1.26. The van der Waals surface area contributed by atoms with Gasteiger partial charge in [-0.3, -0.25) is 0 Å². The number of hydrogen-bond donors (Lipinski definition) is 2. The number of rotatable bonds is 6. The maximum Gasteiger partial charge on any atom is 0.166 e. The maximum absolute atomic E-state index is 4.51. The summed E-state index contributed by atoms with van der Waals surface area (Å²) in [5, 5.41) is 4.23. The van der Waals surface area contributed by atoms with Crippen LogP contribution in [0.25, 0.3) is 11.0 Å². The highest BCUT2D eigenvalue weighted by atomic mass is 32.2. The number of fused-ring (bicyclic) bond motifs is 1. The number of aromatic amines is 1. The fraction of sp³-hybridized carbons (Fsp3) is 0.308. The number of H-pyrrole nitrogens is 1. The van der Waals surface area contributed by atoms with Gasteiger partial charge < -0.3 is 10.3 Å². The molecule has 4 heteroatoms. The lowest BCUT2D eigenvalue weighted by Gasteiger charge is -2.03. The molecule has 0 aliphatic heterocycles. The quantitative estimate of drug-likeness (QED) is 0.609. The van der Waals surface area contributed by atoms with Crippen molar-refractivity contribution in [1.29, 1.82) is 0 Å². The zero-order valence-corrected chi connectivity index (χ0v) is 10.8. The minimum Gasteiger partial charge on any atom is -0.333 e. The number of benzene rings is 1. The van der Waals surface area contributed by atoms with E-state index in [1.165, 1.54) is 5.57 Å². The molecule has 0 aliphatic carbocycles. The van der Waals surface area contributed by atoms with Crippen LogP contribution in [-0.4, -0.2) is 28.8 Å². The molecule has 90 valence electrons. The standard InChI is InChI=1S/C13H17N3S/c1-3-14-8-10(2)9-17-13-15-11-6-4-5-7-12(11)16-13/h4-7,14H,2-3,8-9H2,1H3,(H,15,16). The molecule has 1 aromatic heterocycles. The Morgan fingerprint density at radius 1 is 1.47 bits per heavy atom. The van der Waals surface area contributed by atoms with E-state index >= 15 is 0 Å². The van der Waals surface area contributed by atoms with Crippen LogP contribution in [0.3, 0.4) is 0 Å². The van der Waals surface area contributed by atoms with Crippen LogP contribution in [0.2, 0.25) is 0 Å². The average Bonchev–Trinajstić information content (AvgIpc) is 2.76. The van der Waals surface area contributed by atoms with Gasteiger partial charge in [-0.25, -0.2) is 4.98 Å². The van der Waals surface area contributed by atoms with Crippen LogP contribution in [0.5, 0.6) is 0 Å². The average molecular weight is 247 g/mol. The van der Waals surface area contributed by atoms with E-state index in [0.717, 1.165) is 35.0 Å². The summed E-state index contributed by atoms with van der Waals surface area (Å²) in [6, 6.07) is 8.07. The van der Waals surface area contributed by atoms with Gasteiger partial charge in [0.1, 0.15) is 0 Å². The first-order valence-corrected chi connectivity index (χ1v) is 6.73. The molecule has 0 spiro atoms. The Labute approximate surface area is 106 Å². The Bertz CT molecular complexity index is 471. The number of aromatic nitrogens is 2. The van der Waals surface area contributed by atoms with Crippen LogP contribution in [0.15, 0.2) is 41.6 Å². The van der Waals surface area contributed by atoms with E-state index in [4.69, 9.17) is 0 Å². The molecule has 0 aliphatic rings. The van der Waals surface area contributed by atoms with Gasteiger partial charge in [-0.15, -0.1) is 0 Å². The van der Waals surface area contributed by atoms with Gasteiger partial charge in [0, 0.05) is 12.3 Å². The van der Waals surface area contributed by atoms with E-state index in [2.05, 4.69) is 28.8 Å². The van der Waals surface area contributed by atoms with Crippen molar-refractivity contribution in [2.24, 2.45) is 0 Å². The Balaban J connectivity index is 1.92. The molecule has 1 aromatic carbocycles.